The minimum atomic E-state index is -3.24. The average molecular weight is 268 g/mol. The first-order valence-corrected chi connectivity index (χ1v) is 7.39. The van der Waals surface area contributed by atoms with Crippen LogP contribution >= 0.6 is 0 Å². The molecule has 0 spiro atoms. The normalized spacial score (nSPS) is 12.3. The van der Waals surface area contributed by atoms with Crippen LogP contribution in [-0.4, -0.2) is 27.2 Å². The number of carbonyl (C=O) groups is 1. The minimum absolute atomic E-state index is 0.230. The Hall–Kier alpha value is -1.62. The topological polar surface area (TPSA) is 60.4 Å². The summed E-state index contributed by atoms with van der Waals surface area (Å²) in [6, 6.07) is 6.42. The van der Waals surface area contributed by atoms with Crippen molar-refractivity contribution in [2.75, 3.05) is 12.9 Å². The van der Waals surface area contributed by atoms with Gasteiger partial charge in [-0.2, -0.15) is 0 Å². The van der Waals surface area contributed by atoms with Gasteiger partial charge in [0.2, 0.25) is 0 Å². The first-order chi connectivity index (χ1) is 8.34. The average Bonchev–Trinajstić information content (AvgIpc) is 2.28. The van der Waals surface area contributed by atoms with E-state index in [2.05, 4.69) is 0 Å². The van der Waals surface area contributed by atoms with E-state index in [-0.39, 0.29) is 4.90 Å². The fraction of sp³-hybridized carbons (Fsp3) is 0.308. The largest absolute Gasteiger partial charge is 0.463 e. The number of esters is 1. The van der Waals surface area contributed by atoms with Crippen LogP contribution < -0.4 is 0 Å². The predicted octanol–water partition coefficient (Wildman–Crippen LogP) is 2.06. The molecule has 98 valence electrons. The van der Waals surface area contributed by atoms with Crippen molar-refractivity contribution in [1.29, 1.82) is 0 Å². The molecule has 0 radical (unpaired) electrons. The summed E-state index contributed by atoms with van der Waals surface area (Å²) in [6.07, 6.45) is 2.75. The standard InChI is InChI=1S/C13H16O4S/c1-4-17-13(14)10(2)8-11-6-5-7-12(9-11)18(3,15)16/h5-9H,4H2,1-3H3/b10-8+. The van der Waals surface area contributed by atoms with Gasteiger partial charge >= 0.3 is 5.97 Å². The predicted molar refractivity (Wildman–Crippen MR) is 69.8 cm³/mol. The van der Waals surface area contributed by atoms with E-state index < -0.39 is 15.8 Å². The van der Waals surface area contributed by atoms with Crippen molar-refractivity contribution in [3.05, 3.63) is 35.4 Å². The van der Waals surface area contributed by atoms with Gasteiger partial charge in [-0.1, -0.05) is 12.1 Å². The molecule has 0 N–H and O–H groups in total. The van der Waals surface area contributed by atoms with E-state index in [1.807, 2.05) is 0 Å². The summed E-state index contributed by atoms with van der Waals surface area (Å²) in [7, 11) is -3.24. The van der Waals surface area contributed by atoms with Crippen molar-refractivity contribution < 1.29 is 17.9 Å². The van der Waals surface area contributed by atoms with E-state index in [1.54, 1.807) is 32.1 Å². The lowest BCUT2D eigenvalue weighted by atomic mass is 10.1. The molecule has 1 aromatic carbocycles. The molecule has 0 unspecified atom stereocenters. The molecule has 0 heterocycles. The van der Waals surface area contributed by atoms with Gasteiger partial charge < -0.3 is 4.74 Å². The second-order valence-corrected chi connectivity index (χ2v) is 5.91. The highest BCUT2D eigenvalue weighted by atomic mass is 32.2. The molecule has 0 saturated heterocycles. The van der Waals surface area contributed by atoms with E-state index in [0.29, 0.717) is 17.7 Å². The van der Waals surface area contributed by atoms with E-state index in [4.69, 9.17) is 4.74 Å². The first-order valence-electron chi connectivity index (χ1n) is 5.50. The van der Waals surface area contributed by atoms with Gasteiger partial charge in [0.15, 0.2) is 9.84 Å². The van der Waals surface area contributed by atoms with Gasteiger partial charge in [-0.25, -0.2) is 13.2 Å². The zero-order valence-corrected chi connectivity index (χ0v) is 11.5. The molecule has 0 aliphatic heterocycles. The molecule has 5 heteroatoms. The molecule has 4 nitrogen and oxygen atoms in total. The lowest BCUT2D eigenvalue weighted by Gasteiger charge is -2.03. The fourth-order valence-electron chi connectivity index (χ4n) is 1.39. The van der Waals surface area contributed by atoms with Crippen molar-refractivity contribution in [2.24, 2.45) is 0 Å². The summed E-state index contributed by atoms with van der Waals surface area (Å²) in [5.41, 5.74) is 1.09. The Morgan fingerprint density at radius 1 is 1.39 bits per heavy atom. The molecule has 0 fully saturated rings. The molecule has 0 aromatic heterocycles. The number of sulfone groups is 1. The van der Waals surface area contributed by atoms with Crippen molar-refractivity contribution in [3.63, 3.8) is 0 Å². The summed E-state index contributed by atoms with van der Waals surface area (Å²) in [6.45, 7) is 3.67. The molecule has 18 heavy (non-hydrogen) atoms. The number of carbonyl (C=O) groups excluding carboxylic acids is 1. The lowest BCUT2D eigenvalue weighted by molar-refractivity contribution is -0.138. The third-order valence-corrected chi connectivity index (χ3v) is 3.38. The Morgan fingerprint density at radius 2 is 2.06 bits per heavy atom. The van der Waals surface area contributed by atoms with Crippen molar-refractivity contribution in [3.8, 4) is 0 Å². The van der Waals surface area contributed by atoms with E-state index in [9.17, 15) is 13.2 Å². The fourth-order valence-corrected chi connectivity index (χ4v) is 2.06. The maximum atomic E-state index is 11.4. The van der Waals surface area contributed by atoms with E-state index in [1.165, 1.54) is 12.1 Å². The second kappa shape index (κ2) is 5.82. The summed E-state index contributed by atoms with van der Waals surface area (Å²) in [5, 5.41) is 0. The quantitative estimate of drug-likeness (QED) is 0.619. The highest BCUT2D eigenvalue weighted by Crippen LogP contribution is 2.14. The van der Waals surface area contributed by atoms with Crippen molar-refractivity contribution >= 4 is 21.9 Å². The number of hydrogen-bond donors (Lipinski definition) is 0. The smallest absolute Gasteiger partial charge is 0.333 e. The van der Waals surface area contributed by atoms with E-state index >= 15 is 0 Å². The van der Waals surface area contributed by atoms with Gasteiger partial charge in [-0.15, -0.1) is 0 Å². The Morgan fingerprint density at radius 3 is 2.61 bits per heavy atom. The maximum Gasteiger partial charge on any atom is 0.333 e. The van der Waals surface area contributed by atoms with Crippen LogP contribution in [0.25, 0.3) is 6.08 Å². The monoisotopic (exact) mass is 268 g/mol. The molecular formula is C13H16O4S. The number of benzene rings is 1. The van der Waals surface area contributed by atoms with Crippen molar-refractivity contribution in [2.45, 2.75) is 18.7 Å². The maximum absolute atomic E-state index is 11.4. The molecular weight excluding hydrogens is 252 g/mol. The van der Waals surface area contributed by atoms with Gasteiger partial charge in [-0.05, 0) is 37.6 Å². The minimum Gasteiger partial charge on any atom is -0.463 e. The molecule has 1 aromatic rings. The molecule has 0 saturated carbocycles. The second-order valence-electron chi connectivity index (χ2n) is 3.89. The Kier molecular flexibility index (Phi) is 4.67. The van der Waals surface area contributed by atoms with Crippen molar-refractivity contribution in [1.82, 2.24) is 0 Å². The molecule has 0 atom stereocenters. The van der Waals surface area contributed by atoms with Crippen LogP contribution in [0.3, 0.4) is 0 Å². The molecule has 1 rings (SSSR count). The zero-order valence-electron chi connectivity index (χ0n) is 10.6. The van der Waals surface area contributed by atoms with Crippen LogP contribution in [-0.2, 0) is 19.4 Å². The lowest BCUT2D eigenvalue weighted by Crippen LogP contribution is -2.04. The van der Waals surface area contributed by atoms with Crippen LogP contribution in [0.5, 0.6) is 0 Å². The van der Waals surface area contributed by atoms with Gasteiger partial charge in [0, 0.05) is 11.8 Å². The van der Waals surface area contributed by atoms with Crippen LogP contribution in [0.15, 0.2) is 34.7 Å². The zero-order chi connectivity index (χ0) is 13.8. The number of ether oxygens (including phenoxy) is 1. The van der Waals surface area contributed by atoms with Crippen LogP contribution in [0.1, 0.15) is 19.4 Å². The van der Waals surface area contributed by atoms with Crippen LogP contribution in [0.2, 0.25) is 0 Å². The Balaban J connectivity index is 3.05. The summed E-state index contributed by atoms with van der Waals surface area (Å²) >= 11 is 0. The Labute approximate surface area is 107 Å². The van der Waals surface area contributed by atoms with Crippen LogP contribution in [0.4, 0.5) is 0 Å². The Bertz CT molecular complexity index is 570. The SMILES string of the molecule is CCOC(=O)/C(C)=C/c1cccc(S(C)(=O)=O)c1. The number of hydrogen-bond acceptors (Lipinski definition) is 4. The van der Waals surface area contributed by atoms with E-state index in [0.717, 1.165) is 6.26 Å². The third-order valence-electron chi connectivity index (χ3n) is 2.27. The highest BCUT2D eigenvalue weighted by molar-refractivity contribution is 7.90. The third kappa shape index (κ3) is 4.00. The molecule has 0 aliphatic rings. The summed E-state index contributed by atoms with van der Waals surface area (Å²) < 4.78 is 27.6. The van der Waals surface area contributed by atoms with Gasteiger partial charge in [-0.3, -0.25) is 0 Å². The molecule has 0 amide bonds. The molecule has 0 bridgehead atoms. The highest BCUT2D eigenvalue weighted by Gasteiger charge is 2.08. The van der Waals surface area contributed by atoms with Crippen LogP contribution in [0, 0.1) is 0 Å². The van der Waals surface area contributed by atoms with Gasteiger partial charge in [0.1, 0.15) is 0 Å². The molecule has 0 aliphatic carbocycles. The summed E-state index contributed by atoms with van der Waals surface area (Å²) in [5.74, 6) is -0.401. The first kappa shape index (κ1) is 14.4. The van der Waals surface area contributed by atoms with Gasteiger partial charge in [0.25, 0.3) is 0 Å². The summed E-state index contributed by atoms with van der Waals surface area (Å²) in [4.78, 5) is 11.7. The number of rotatable bonds is 4. The van der Waals surface area contributed by atoms with Gasteiger partial charge in [0.05, 0.1) is 11.5 Å².